The van der Waals surface area contributed by atoms with Crippen molar-refractivity contribution in [2.75, 3.05) is 0 Å². The lowest BCUT2D eigenvalue weighted by Crippen LogP contribution is -2.07. The Kier molecular flexibility index (Phi) is 2.06. The minimum atomic E-state index is -0.155. The van der Waals surface area contributed by atoms with Crippen LogP contribution in [0.2, 0.25) is 0 Å². The minimum absolute atomic E-state index is 0.155. The summed E-state index contributed by atoms with van der Waals surface area (Å²) in [4.78, 5) is 11.9. The molecule has 0 radical (unpaired) electrons. The highest BCUT2D eigenvalue weighted by Gasteiger charge is 2.30. The molecule has 0 atom stereocenters. The SMILES string of the molecule is O=C1C(Cl)=CC(Cl)=C2C1=Cc1ccccc12. The Bertz CT molecular complexity index is 606. The van der Waals surface area contributed by atoms with Gasteiger partial charge in [-0.05, 0) is 23.3 Å². The van der Waals surface area contributed by atoms with E-state index < -0.39 is 0 Å². The van der Waals surface area contributed by atoms with Crippen molar-refractivity contribution in [1.29, 1.82) is 0 Å². The number of hydrogen-bond acceptors (Lipinski definition) is 1. The number of allylic oxidation sites excluding steroid dienone is 5. The zero-order valence-electron chi connectivity index (χ0n) is 8.13. The van der Waals surface area contributed by atoms with Crippen LogP contribution < -0.4 is 0 Å². The van der Waals surface area contributed by atoms with Gasteiger partial charge in [0, 0.05) is 11.1 Å². The summed E-state index contributed by atoms with van der Waals surface area (Å²) >= 11 is 12.0. The molecule has 0 heterocycles. The molecule has 0 saturated carbocycles. The molecule has 0 bridgehead atoms. The maximum Gasteiger partial charge on any atom is 0.205 e. The van der Waals surface area contributed by atoms with Crippen molar-refractivity contribution in [3.05, 3.63) is 57.1 Å². The molecule has 78 valence electrons. The predicted octanol–water partition coefficient (Wildman–Crippen LogP) is 3.74. The fourth-order valence-electron chi connectivity index (χ4n) is 2.04. The van der Waals surface area contributed by atoms with Crippen molar-refractivity contribution in [3.63, 3.8) is 0 Å². The quantitative estimate of drug-likeness (QED) is 0.684. The highest BCUT2D eigenvalue weighted by Crippen LogP contribution is 2.43. The smallest absolute Gasteiger partial charge is 0.205 e. The summed E-state index contributed by atoms with van der Waals surface area (Å²) in [5.74, 6) is -0.155. The van der Waals surface area contributed by atoms with E-state index in [0.29, 0.717) is 10.6 Å². The largest absolute Gasteiger partial charge is 0.288 e. The Morgan fingerprint density at radius 2 is 1.75 bits per heavy atom. The average molecular weight is 249 g/mol. The number of benzene rings is 1. The lowest BCUT2D eigenvalue weighted by Gasteiger charge is -2.12. The average Bonchev–Trinajstić information content (AvgIpc) is 2.65. The van der Waals surface area contributed by atoms with Crippen molar-refractivity contribution in [3.8, 4) is 0 Å². The van der Waals surface area contributed by atoms with Crippen LogP contribution in [0.1, 0.15) is 11.1 Å². The molecule has 0 amide bonds. The Labute approximate surface area is 103 Å². The van der Waals surface area contributed by atoms with Gasteiger partial charge in [0.05, 0.1) is 10.1 Å². The maximum atomic E-state index is 11.9. The van der Waals surface area contributed by atoms with Crippen LogP contribution in [0.5, 0.6) is 0 Å². The van der Waals surface area contributed by atoms with Crippen molar-refractivity contribution in [2.45, 2.75) is 0 Å². The Morgan fingerprint density at radius 1 is 1.00 bits per heavy atom. The van der Waals surface area contributed by atoms with E-state index in [0.717, 1.165) is 16.7 Å². The molecule has 2 aliphatic rings. The third-order valence-corrected chi connectivity index (χ3v) is 3.33. The fourth-order valence-corrected chi connectivity index (χ4v) is 2.62. The normalized spacial score (nSPS) is 18.0. The number of carbonyl (C=O) groups is 1. The van der Waals surface area contributed by atoms with Gasteiger partial charge in [-0.15, -0.1) is 0 Å². The molecular weight excluding hydrogens is 243 g/mol. The van der Waals surface area contributed by atoms with Crippen LogP contribution in [0.15, 0.2) is 46.0 Å². The molecule has 0 fully saturated rings. The lowest BCUT2D eigenvalue weighted by molar-refractivity contribution is -0.111. The molecule has 1 aromatic carbocycles. The number of halogens is 2. The third kappa shape index (κ3) is 1.22. The van der Waals surface area contributed by atoms with Crippen LogP contribution >= 0.6 is 23.2 Å². The van der Waals surface area contributed by atoms with E-state index in [1.54, 1.807) is 0 Å². The van der Waals surface area contributed by atoms with Crippen LogP contribution in [0.3, 0.4) is 0 Å². The van der Waals surface area contributed by atoms with Gasteiger partial charge in [-0.1, -0.05) is 47.5 Å². The molecule has 1 nitrogen and oxygen atoms in total. The third-order valence-electron chi connectivity index (χ3n) is 2.75. The molecule has 0 aromatic heterocycles. The molecule has 0 aliphatic heterocycles. The summed E-state index contributed by atoms with van der Waals surface area (Å²) in [6.45, 7) is 0. The van der Waals surface area contributed by atoms with E-state index in [9.17, 15) is 4.79 Å². The van der Waals surface area contributed by atoms with Crippen LogP contribution in [-0.4, -0.2) is 5.78 Å². The Morgan fingerprint density at radius 3 is 2.56 bits per heavy atom. The van der Waals surface area contributed by atoms with E-state index in [1.165, 1.54) is 6.08 Å². The maximum absolute atomic E-state index is 11.9. The molecule has 2 aliphatic carbocycles. The summed E-state index contributed by atoms with van der Waals surface area (Å²) in [6.07, 6.45) is 3.35. The van der Waals surface area contributed by atoms with Gasteiger partial charge < -0.3 is 0 Å². The topological polar surface area (TPSA) is 17.1 Å². The van der Waals surface area contributed by atoms with Gasteiger partial charge in [-0.25, -0.2) is 0 Å². The van der Waals surface area contributed by atoms with Crippen LogP contribution in [-0.2, 0) is 4.79 Å². The summed E-state index contributed by atoms with van der Waals surface area (Å²) in [7, 11) is 0. The standard InChI is InChI=1S/C13H6Cl2O/c14-10-6-11(15)13(16)9-5-7-3-1-2-4-8(7)12(9)10/h1-6H. The molecule has 0 spiro atoms. The van der Waals surface area contributed by atoms with E-state index in [2.05, 4.69) is 0 Å². The number of carbonyl (C=O) groups excluding carboxylic acids is 1. The van der Waals surface area contributed by atoms with Crippen molar-refractivity contribution >= 4 is 40.6 Å². The summed E-state index contributed by atoms with van der Waals surface area (Å²) in [5.41, 5.74) is 3.40. The lowest BCUT2D eigenvalue weighted by atomic mass is 9.96. The van der Waals surface area contributed by atoms with Crippen molar-refractivity contribution < 1.29 is 4.79 Å². The second-order valence-corrected chi connectivity index (χ2v) is 4.50. The van der Waals surface area contributed by atoms with Gasteiger partial charge in [0.2, 0.25) is 5.78 Å². The molecule has 0 N–H and O–H groups in total. The second-order valence-electron chi connectivity index (χ2n) is 3.69. The summed E-state index contributed by atoms with van der Waals surface area (Å²) in [6, 6.07) is 7.77. The predicted molar refractivity (Wildman–Crippen MR) is 66.1 cm³/mol. The van der Waals surface area contributed by atoms with Gasteiger partial charge in [0.25, 0.3) is 0 Å². The van der Waals surface area contributed by atoms with Crippen LogP contribution in [0, 0.1) is 0 Å². The molecule has 3 rings (SSSR count). The molecular formula is C13H6Cl2O. The molecule has 0 saturated heterocycles. The molecule has 0 unspecified atom stereocenters. The number of ketones is 1. The van der Waals surface area contributed by atoms with Gasteiger partial charge in [0.15, 0.2) is 0 Å². The summed E-state index contributed by atoms with van der Waals surface area (Å²) in [5, 5.41) is 0.702. The molecule has 1 aromatic rings. The van der Waals surface area contributed by atoms with Gasteiger partial charge in [-0.2, -0.15) is 0 Å². The number of hydrogen-bond donors (Lipinski definition) is 0. The first-order valence-electron chi connectivity index (χ1n) is 4.81. The first kappa shape index (κ1) is 9.88. The van der Waals surface area contributed by atoms with Crippen molar-refractivity contribution in [2.24, 2.45) is 0 Å². The number of rotatable bonds is 0. The van der Waals surface area contributed by atoms with E-state index in [4.69, 9.17) is 23.2 Å². The Hall–Kier alpha value is -1.31. The second kappa shape index (κ2) is 3.34. The van der Waals surface area contributed by atoms with Gasteiger partial charge >= 0.3 is 0 Å². The highest BCUT2D eigenvalue weighted by molar-refractivity contribution is 6.52. The summed E-state index contributed by atoms with van der Waals surface area (Å²) < 4.78 is 0. The number of Topliss-reactive ketones (excluding diaryl/α,β-unsaturated/α-hetero) is 1. The zero-order valence-corrected chi connectivity index (χ0v) is 9.64. The fraction of sp³-hybridized carbons (Fsp3) is 0. The molecule has 3 heteroatoms. The van der Waals surface area contributed by atoms with Gasteiger partial charge in [-0.3, -0.25) is 4.79 Å². The van der Waals surface area contributed by atoms with E-state index in [-0.39, 0.29) is 10.8 Å². The first-order chi connectivity index (χ1) is 7.68. The van der Waals surface area contributed by atoms with Crippen LogP contribution in [0.4, 0.5) is 0 Å². The first-order valence-corrected chi connectivity index (χ1v) is 5.57. The number of fused-ring (bicyclic) bond motifs is 3. The Balaban J connectivity index is 2.33. The van der Waals surface area contributed by atoms with Crippen LogP contribution in [0.25, 0.3) is 11.6 Å². The van der Waals surface area contributed by atoms with Crippen molar-refractivity contribution in [1.82, 2.24) is 0 Å². The zero-order chi connectivity index (χ0) is 11.3. The van der Waals surface area contributed by atoms with Gasteiger partial charge in [0.1, 0.15) is 0 Å². The monoisotopic (exact) mass is 248 g/mol. The molecule has 16 heavy (non-hydrogen) atoms. The van der Waals surface area contributed by atoms with E-state index in [1.807, 2.05) is 30.3 Å². The highest BCUT2D eigenvalue weighted by atomic mass is 35.5. The minimum Gasteiger partial charge on any atom is -0.288 e. The van der Waals surface area contributed by atoms with E-state index >= 15 is 0 Å².